The summed E-state index contributed by atoms with van der Waals surface area (Å²) >= 11 is 0. The lowest BCUT2D eigenvalue weighted by atomic mass is 9.88. The summed E-state index contributed by atoms with van der Waals surface area (Å²) in [5.41, 5.74) is 4.99. The first kappa shape index (κ1) is 15.4. The lowest BCUT2D eigenvalue weighted by molar-refractivity contribution is -0.146. The molecule has 106 valence electrons. The number of hydrogen-bond donors (Lipinski definition) is 1. The predicted octanol–water partition coefficient (Wildman–Crippen LogP) is 2.25. The maximum absolute atomic E-state index is 11.4. The van der Waals surface area contributed by atoms with Crippen LogP contribution < -0.4 is 5.73 Å². The molecule has 4 heteroatoms. The summed E-state index contributed by atoms with van der Waals surface area (Å²) in [6, 6.07) is 0. The van der Waals surface area contributed by atoms with Crippen molar-refractivity contribution in [1.29, 1.82) is 0 Å². The number of ether oxygens (including phenoxy) is 2. The predicted molar refractivity (Wildman–Crippen MR) is 71.2 cm³/mol. The van der Waals surface area contributed by atoms with Gasteiger partial charge in [-0.2, -0.15) is 0 Å². The van der Waals surface area contributed by atoms with E-state index in [1.807, 2.05) is 0 Å². The number of methoxy groups -OCH3 is 1. The standard InChI is InChI=1S/C14H27NO3/c1-11-7-4-5-8-12(11)18-10-6-9-14(2,15)13(16)17-3/h11-12H,4-10,15H2,1-3H3. The fourth-order valence-electron chi connectivity index (χ4n) is 2.54. The van der Waals surface area contributed by atoms with Gasteiger partial charge >= 0.3 is 5.97 Å². The lowest BCUT2D eigenvalue weighted by Gasteiger charge is -2.29. The van der Waals surface area contributed by atoms with E-state index in [1.54, 1.807) is 6.92 Å². The minimum atomic E-state index is -0.893. The van der Waals surface area contributed by atoms with E-state index in [0.29, 0.717) is 25.0 Å². The third kappa shape index (κ3) is 4.58. The van der Waals surface area contributed by atoms with Crippen LogP contribution in [0.2, 0.25) is 0 Å². The van der Waals surface area contributed by atoms with Crippen LogP contribution in [0.1, 0.15) is 52.4 Å². The van der Waals surface area contributed by atoms with Crippen molar-refractivity contribution in [2.24, 2.45) is 11.7 Å². The van der Waals surface area contributed by atoms with E-state index < -0.39 is 5.54 Å². The highest BCUT2D eigenvalue weighted by Gasteiger charge is 2.29. The van der Waals surface area contributed by atoms with E-state index in [9.17, 15) is 4.79 Å². The number of esters is 1. The molecule has 1 aliphatic rings. The molecule has 0 aromatic carbocycles. The van der Waals surface area contributed by atoms with E-state index in [2.05, 4.69) is 11.7 Å². The Hall–Kier alpha value is -0.610. The number of carbonyl (C=O) groups is 1. The highest BCUT2D eigenvalue weighted by Crippen LogP contribution is 2.26. The Bertz CT molecular complexity index is 266. The van der Waals surface area contributed by atoms with Crippen molar-refractivity contribution in [2.45, 2.75) is 64.0 Å². The molecule has 0 aliphatic heterocycles. The molecule has 4 nitrogen and oxygen atoms in total. The molecule has 0 amide bonds. The summed E-state index contributed by atoms with van der Waals surface area (Å²) in [4.78, 5) is 11.4. The molecule has 0 heterocycles. The molecule has 1 aliphatic carbocycles. The van der Waals surface area contributed by atoms with Gasteiger partial charge in [-0.05, 0) is 38.5 Å². The van der Waals surface area contributed by atoms with Crippen LogP contribution >= 0.6 is 0 Å². The van der Waals surface area contributed by atoms with Crippen molar-refractivity contribution in [2.75, 3.05) is 13.7 Å². The van der Waals surface area contributed by atoms with E-state index >= 15 is 0 Å². The van der Waals surface area contributed by atoms with Gasteiger partial charge in [0.15, 0.2) is 0 Å². The van der Waals surface area contributed by atoms with Crippen LogP contribution in [-0.2, 0) is 14.3 Å². The molecule has 0 spiro atoms. The van der Waals surface area contributed by atoms with Crippen molar-refractivity contribution in [1.82, 2.24) is 0 Å². The first-order valence-corrected chi connectivity index (χ1v) is 6.96. The van der Waals surface area contributed by atoms with E-state index in [1.165, 1.54) is 26.4 Å². The molecule has 1 rings (SSSR count). The van der Waals surface area contributed by atoms with Crippen LogP contribution in [0.15, 0.2) is 0 Å². The largest absolute Gasteiger partial charge is 0.468 e. The number of nitrogens with two attached hydrogens (primary N) is 1. The van der Waals surface area contributed by atoms with Gasteiger partial charge in [0, 0.05) is 6.61 Å². The Balaban J connectivity index is 2.20. The number of hydrogen-bond acceptors (Lipinski definition) is 4. The Kier molecular flexibility index (Phi) is 6.09. The molecule has 2 N–H and O–H groups in total. The Morgan fingerprint density at radius 1 is 1.39 bits per heavy atom. The van der Waals surface area contributed by atoms with Gasteiger partial charge in [0.25, 0.3) is 0 Å². The van der Waals surface area contributed by atoms with Crippen LogP contribution in [0.5, 0.6) is 0 Å². The second-order valence-electron chi connectivity index (χ2n) is 5.68. The Morgan fingerprint density at radius 2 is 2.06 bits per heavy atom. The maximum atomic E-state index is 11.4. The van der Waals surface area contributed by atoms with Crippen LogP contribution in [0.25, 0.3) is 0 Å². The average Bonchev–Trinajstić information content (AvgIpc) is 2.35. The summed E-state index contributed by atoms with van der Waals surface area (Å²) in [7, 11) is 1.37. The number of rotatable bonds is 6. The van der Waals surface area contributed by atoms with Crippen molar-refractivity contribution in [3.8, 4) is 0 Å². The highest BCUT2D eigenvalue weighted by atomic mass is 16.5. The van der Waals surface area contributed by atoms with Gasteiger partial charge in [-0.3, -0.25) is 4.79 Å². The van der Waals surface area contributed by atoms with Gasteiger partial charge in [-0.15, -0.1) is 0 Å². The summed E-state index contributed by atoms with van der Waals surface area (Å²) in [6.45, 7) is 4.65. The van der Waals surface area contributed by atoms with Crippen molar-refractivity contribution < 1.29 is 14.3 Å². The molecule has 0 radical (unpaired) electrons. The zero-order valence-corrected chi connectivity index (χ0v) is 11.9. The molecular formula is C14H27NO3. The highest BCUT2D eigenvalue weighted by molar-refractivity contribution is 5.79. The molecule has 1 fully saturated rings. The van der Waals surface area contributed by atoms with E-state index in [-0.39, 0.29) is 5.97 Å². The lowest BCUT2D eigenvalue weighted by Crippen LogP contribution is -2.45. The first-order valence-electron chi connectivity index (χ1n) is 6.96. The molecule has 0 saturated heterocycles. The zero-order valence-electron chi connectivity index (χ0n) is 11.9. The summed E-state index contributed by atoms with van der Waals surface area (Å²) in [5, 5.41) is 0. The minimum absolute atomic E-state index is 0.353. The van der Waals surface area contributed by atoms with Gasteiger partial charge < -0.3 is 15.2 Å². The molecule has 3 atom stereocenters. The quantitative estimate of drug-likeness (QED) is 0.585. The normalized spacial score (nSPS) is 27.6. The Morgan fingerprint density at radius 3 is 2.67 bits per heavy atom. The summed E-state index contributed by atoms with van der Waals surface area (Å²) < 4.78 is 10.6. The Labute approximate surface area is 110 Å². The second-order valence-corrected chi connectivity index (χ2v) is 5.68. The summed E-state index contributed by atoms with van der Waals surface area (Å²) in [5.74, 6) is 0.303. The number of carbonyl (C=O) groups excluding carboxylic acids is 1. The fourth-order valence-corrected chi connectivity index (χ4v) is 2.54. The molecule has 0 aromatic heterocycles. The summed E-state index contributed by atoms with van der Waals surface area (Å²) in [6.07, 6.45) is 6.81. The van der Waals surface area contributed by atoms with Crippen LogP contribution in [0, 0.1) is 5.92 Å². The van der Waals surface area contributed by atoms with Gasteiger partial charge in [-0.25, -0.2) is 0 Å². The molecule has 0 aromatic rings. The first-order chi connectivity index (χ1) is 8.47. The monoisotopic (exact) mass is 257 g/mol. The van der Waals surface area contributed by atoms with Gasteiger partial charge in [0.2, 0.25) is 0 Å². The molecule has 18 heavy (non-hydrogen) atoms. The fraction of sp³-hybridized carbons (Fsp3) is 0.929. The van der Waals surface area contributed by atoms with Crippen molar-refractivity contribution in [3.05, 3.63) is 0 Å². The molecule has 0 bridgehead atoms. The molecule has 1 saturated carbocycles. The zero-order chi connectivity index (χ0) is 13.6. The smallest absolute Gasteiger partial charge is 0.325 e. The minimum Gasteiger partial charge on any atom is -0.468 e. The average molecular weight is 257 g/mol. The third-order valence-electron chi connectivity index (χ3n) is 3.86. The van der Waals surface area contributed by atoms with Gasteiger partial charge in [-0.1, -0.05) is 19.8 Å². The maximum Gasteiger partial charge on any atom is 0.325 e. The van der Waals surface area contributed by atoms with Crippen LogP contribution in [0.3, 0.4) is 0 Å². The van der Waals surface area contributed by atoms with Crippen LogP contribution in [0.4, 0.5) is 0 Å². The van der Waals surface area contributed by atoms with Crippen molar-refractivity contribution >= 4 is 5.97 Å². The third-order valence-corrected chi connectivity index (χ3v) is 3.86. The molecular weight excluding hydrogens is 230 g/mol. The SMILES string of the molecule is COC(=O)C(C)(N)CCCOC1CCCCC1C. The van der Waals surface area contributed by atoms with E-state index in [4.69, 9.17) is 10.5 Å². The second kappa shape index (κ2) is 7.10. The van der Waals surface area contributed by atoms with Gasteiger partial charge in [0.1, 0.15) is 5.54 Å². The van der Waals surface area contributed by atoms with Crippen LogP contribution in [-0.4, -0.2) is 31.3 Å². The van der Waals surface area contributed by atoms with E-state index in [0.717, 1.165) is 12.8 Å². The van der Waals surface area contributed by atoms with Gasteiger partial charge in [0.05, 0.1) is 13.2 Å². The van der Waals surface area contributed by atoms with Crippen molar-refractivity contribution in [3.63, 3.8) is 0 Å². The topological polar surface area (TPSA) is 61.5 Å². The molecule has 3 unspecified atom stereocenters.